The van der Waals surface area contributed by atoms with Gasteiger partial charge in [0.1, 0.15) is 5.25 Å². The minimum atomic E-state index is -0.827. The Morgan fingerprint density at radius 3 is 2.72 bits per heavy atom. The van der Waals surface area contributed by atoms with Gasteiger partial charge in [0.25, 0.3) is 0 Å². The van der Waals surface area contributed by atoms with Crippen molar-refractivity contribution in [2.24, 2.45) is 5.92 Å². The van der Waals surface area contributed by atoms with Crippen molar-refractivity contribution in [3.8, 4) is 0 Å². The Hall–Kier alpha value is -1.62. The van der Waals surface area contributed by atoms with Crippen molar-refractivity contribution in [1.82, 2.24) is 9.97 Å². The molecule has 1 N–H and O–H groups in total. The highest BCUT2D eigenvalue weighted by Gasteiger charge is 2.23. The molecule has 1 unspecified atom stereocenters. The second-order valence-electron chi connectivity index (χ2n) is 4.33. The smallest absolute Gasteiger partial charge is 0.317 e. The van der Waals surface area contributed by atoms with Crippen LogP contribution >= 0.6 is 11.8 Å². The fraction of sp³-hybridized carbons (Fsp3) is 0.308. The van der Waals surface area contributed by atoms with E-state index < -0.39 is 11.2 Å². The van der Waals surface area contributed by atoms with E-state index in [2.05, 4.69) is 9.97 Å². The van der Waals surface area contributed by atoms with E-state index in [0.717, 1.165) is 10.9 Å². The number of aliphatic carboxylic acids is 1. The van der Waals surface area contributed by atoms with Gasteiger partial charge < -0.3 is 5.11 Å². The predicted molar refractivity (Wildman–Crippen MR) is 71.7 cm³/mol. The maximum atomic E-state index is 11.1. The number of aromatic nitrogens is 2. The number of hydrogen-bond donors (Lipinski definition) is 1. The average Bonchev–Trinajstić information content (AvgIpc) is 2.35. The molecule has 2 aromatic rings. The molecule has 0 aliphatic rings. The van der Waals surface area contributed by atoms with Gasteiger partial charge in [-0.25, -0.2) is 9.97 Å². The van der Waals surface area contributed by atoms with E-state index in [1.807, 2.05) is 38.1 Å². The van der Waals surface area contributed by atoms with Crippen LogP contribution in [0, 0.1) is 5.92 Å². The van der Waals surface area contributed by atoms with E-state index in [-0.39, 0.29) is 5.92 Å². The third-order valence-corrected chi connectivity index (χ3v) is 3.96. The SMILES string of the molecule is CC(C)C(Sc1ncc2ccccc2n1)C(=O)O. The van der Waals surface area contributed by atoms with Gasteiger partial charge in [-0.2, -0.15) is 0 Å². The van der Waals surface area contributed by atoms with Crippen molar-refractivity contribution in [2.45, 2.75) is 24.3 Å². The Balaban J connectivity index is 2.28. The first-order valence-corrected chi connectivity index (χ1v) is 6.57. The Labute approximate surface area is 109 Å². The quantitative estimate of drug-likeness (QED) is 0.678. The van der Waals surface area contributed by atoms with Crippen LogP contribution < -0.4 is 0 Å². The number of hydrogen-bond acceptors (Lipinski definition) is 4. The van der Waals surface area contributed by atoms with Gasteiger partial charge >= 0.3 is 5.97 Å². The molecule has 1 atom stereocenters. The molecule has 1 aromatic heterocycles. The molecule has 5 heteroatoms. The summed E-state index contributed by atoms with van der Waals surface area (Å²) in [5.41, 5.74) is 0.836. The Morgan fingerprint density at radius 2 is 2.06 bits per heavy atom. The fourth-order valence-corrected chi connectivity index (χ4v) is 2.46. The summed E-state index contributed by atoms with van der Waals surface area (Å²) < 4.78 is 0. The molecule has 1 heterocycles. The Kier molecular flexibility index (Phi) is 3.81. The molecule has 4 nitrogen and oxygen atoms in total. The fourth-order valence-electron chi connectivity index (χ4n) is 1.60. The van der Waals surface area contributed by atoms with Crippen molar-refractivity contribution >= 4 is 28.6 Å². The zero-order chi connectivity index (χ0) is 13.1. The van der Waals surface area contributed by atoms with Gasteiger partial charge in [-0.1, -0.05) is 43.8 Å². The number of rotatable bonds is 4. The third kappa shape index (κ3) is 2.79. The standard InChI is InChI=1S/C13H14N2O2S/c1-8(2)11(12(16)17)18-13-14-7-9-5-3-4-6-10(9)15-13/h3-8,11H,1-2H3,(H,16,17). The summed E-state index contributed by atoms with van der Waals surface area (Å²) >= 11 is 1.20. The van der Waals surface area contributed by atoms with Crippen LogP contribution in [0.5, 0.6) is 0 Å². The van der Waals surface area contributed by atoms with Crippen molar-refractivity contribution in [1.29, 1.82) is 0 Å². The van der Waals surface area contributed by atoms with E-state index in [0.29, 0.717) is 5.16 Å². The van der Waals surface area contributed by atoms with Crippen LogP contribution in [0.3, 0.4) is 0 Å². The molecule has 0 amide bonds. The molecule has 18 heavy (non-hydrogen) atoms. The summed E-state index contributed by atoms with van der Waals surface area (Å²) in [5.74, 6) is -0.797. The Bertz CT molecular complexity index is 572. The molecule has 1 aromatic carbocycles. The van der Waals surface area contributed by atoms with Crippen molar-refractivity contribution < 1.29 is 9.90 Å². The van der Waals surface area contributed by atoms with Crippen LogP contribution in [0.2, 0.25) is 0 Å². The number of thioether (sulfide) groups is 1. The maximum Gasteiger partial charge on any atom is 0.317 e. The van der Waals surface area contributed by atoms with E-state index in [1.54, 1.807) is 6.20 Å². The summed E-state index contributed by atoms with van der Waals surface area (Å²) in [7, 11) is 0. The first-order chi connectivity index (χ1) is 8.58. The normalized spacial score (nSPS) is 12.8. The summed E-state index contributed by atoms with van der Waals surface area (Å²) in [5, 5.41) is 10.1. The van der Waals surface area contributed by atoms with Gasteiger partial charge in [0, 0.05) is 11.6 Å². The summed E-state index contributed by atoms with van der Waals surface area (Å²) in [4.78, 5) is 19.7. The number of fused-ring (bicyclic) bond motifs is 1. The van der Waals surface area contributed by atoms with Crippen LogP contribution in [-0.2, 0) is 4.79 Å². The number of benzene rings is 1. The molecular weight excluding hydrogens is 248 g/mol. The van der Waals surface area contributed by atoms with E-state index in [4.69, 9.17) is 5.11 Å². The van der Waals surface area contributed by atoms with Crippen LogP contribution in [-0.4, -0.2) is 26.3 Å². The second kappa shape index (κ2) is 5.35. The van der Waals surface area contributed by atoms with Gasteiger partial charge in [-0.05, 0) is 12.0 Å². The minimum absolute atomic E-state index is 0.0302. The lowest BCUT2D eigenvalue weighted by Crippen LogP contribution is -2.22. The van der Waals surface area contributed by atoms with Crippen LogP contribution in [0.1, 0.15) is 13.8 Å². The lowest BCUT2D eigenvalue weighted by atomic mass is 10.1. The van der Waals surface area contributed by atoms with E-state index in [9.17, 15) is 4.79 Å². The zero-order valence-corrected chi connectivity index (χ0v) is 11.0. The molecule has 0 fully saturated rings. The lowest BCUT2D eigenvalue weighted by Gasteiger charge is -2.14. The molecule has 0 bridgehead atoms. The van der Waals surface area contributed by atoms with Gasteiger partial charge in [0.15, 0.2) is 5.16 Å². The molecule has 94 valence electrons. The van der Waals surface area contributed by atoms with Crippen LogP contribution in [0.15, 0.2) is 35.6 Å². The molecule has 0 aliphatic carbocycles. The molecule has 2 rings (SSSR count). The monoisotopic (exact) mass is 262 g/mol. The first kappa shape index (κ1) is 12.8. The number of para-hydroxylation sites is 1. The molecule has 0 saturated heterocycles. The number of nitrogens with zero attached hydrogens (tertiary/aromatic N) is 2. The largest absolute Gasteiger partial charge is 0.480 e. The topological polar surface area (TPSA) is 63.1 Å². The molecule has 0 spiro atoms. The summed E-state index contributed by atoms with van der Waals surface area (Å²) in [6, 6.07) is 7.65. The molecular formula is C13H14N2O2S. The minimum Gasteiger partial charge on any atom is -0.480 e. The van der Waals surface area contributed by atoms with Crippen molar-refractivity contribution in [3.05, 3.63) is 30.5 Å². The average molecular weight is 262 g/mol. The number of carboxylic acid groups (broad SMARTS) is 1. The lowest BCUT2D eigenvalue weighted by molar-refractivity contribution is -0.137. The molecule has 0 saturated carbocycles. The van der Waals surface area contributed by atoms with Gasteiger partial charge in [-0.3, -0.25) is 4.79 Å². The van der Waals surface area contributed by atoms with Gasteiger partial charge in [-0.15, -0.1) is 0 Å². The van der Waals surface area contributed by atoms with Gasteiger partial charge in [0.2, 0.25) is 0 Å². The second-order valence-corrected chi connectivity index (χ2v) is 5.44. The summed E-state index contributed by atoms with van der Waals surface area (Å²) in [6.07, 6.45) is 1.73. The highest BCUT2D eigenvalue weighted by molar-refractivity contribution is 8.00. The summed E-state index contributed by atoms with van der Waals surface area (Å²) in [6.45, 7) is 3.76. The molecule has 0 aliphatic heterocycles. The first-order valence-electron chi connectivity index (χ1n) is 5.69. The van der Waals surface area contributed by atoms with Crippen molar-refractivity contribution in [2.75, 3.05) is 0 Å². The predicted octanol–water partition coefficient (Wildman–Crippen LogP) is 2.83. The highest BCUT2D eigenvalue weighted by atomic mass is 32.2. The van der Waals surface area contributed by atoms with Gasteiger partial charge in [0.05, 0.1) is 5.52 Å². The molecule has 0 radical (unpaired) electrons. The Morgan fingerprint density at radius 1 is 1.33 bits per heavy atom. The third-order valence-electron chi connectivity index (χ3n) is 2.55. The van der Waals surface area contributed by atoms with Crippen molar-refractivity contribution in [3.63, 3.8) is 0 Å². The zero-order valence-electron chi connectivity index (χ0n) is 10.2. The highest BCUT2D eigenvalue weighted by Crippen LogP contribution is 2.26. The van der Waals surface area contributed by atoms with Crippen LogP contribution in [0.4, 0.5) is 0 Å². The number of carboxylic acids is 1. The van der Waals surface area contributed by atoms with E-state index >= 15 is 0 Å². The number of carbonyl (C=O) groups is 1. The van der Waals surface area contributed by atoms with E-state index in [1.165, 1.54) is 11.8 Å². The van der Waals surface area contributed by atoms with Crippen LogP contribution in [0.25, 0.3) is 10.9 Å². The maximum absolute atomic E-state index is 11.1.